The molecule has 0 saturated carbocycles. The van der Waals surface area contributed by atoms with E-state index in [0.29, 0.717) is 30.3 Å². The fourth-order valence-electron chi connectivity index (χ4n) is 5.52. The summed E-state index contributed by atoms with van der Waals surface area (Å²) in [4.78, 5) is 2.32. The van der Waals surface area contributed by atoms with Crippen LogP contribution in [0.2, 0.25) is 0 Å². The van der Waals surface area contributed by atoms with Crippen molar-refractivity contribution in [1.82, 2.24) is 4.90 Å². The van der Waals surface area contributed by atoms with Crippen molar-refractivity contribution in [2.24, 2.45) is 5.92 Å². The summed E-state index contributed by atoms with van der Waals surface area (Å²) in [6.45, 7) is 6.63. The molecule has 0 radical (unpaired) electrons. The first kappa shape index (κ1) is 30.4. The molecule has 1 aliphatic heterocycles. The lowest BCUT2D eigenvalue weighted by molar-refractivity contribution is 0.0305. The molecule has 2 aromatic carbocycles. The fraction of sp³-hybridized carbons (Fsp3) is 0.581. The van der Waals surface area contributed by atoms with Crippen LogP contribution in [0.25, 0.3) is 0 Å². The van der Waals surface area contributed by atoms with Gasteiger partial charge in [-0.15, -0.1) is 0 Å². The third-order valence-electron chi connectivity index (χ3n) is 7.93. The third-order valence-corrected chi connectivity index (χ3v) is 7.93. The number of rotatable bonds is 14. The normalized spacial score (nSPS) is 16.3. The third kappa shape index (κ3) is 6.54. The maximum absolute atomic E-state index is 10.5. The highest BCUT2D eigenvalue weighted by molar-refractivity contribution is 5.56. The number of ether oxygens (including phenoxy) is 6. The SMILES string of the molecule is COc1cc2c(cc1OC)C(CCN(C)CCCC(C#N)(c1cc(OC)c(OC)c(OC)c1)C(C)C)OCC2. The standard InChI is InChI=1S/C31H44N2O6/c1-21(2)31(20-32,23-17-28(36-6)30(38-8)29(18-23)37-7)12-9-13-33(3)14-10-25-24-19-27(35-5)26(34-4)16-22(24)11-15-39-25/h16-19,21,25H,9-15H2,1-8H3. The summed E-state index contributed by atoms with van der Waals surface area (Å²) in [6, 6.07) is 10.6. The molecule has 0 fully saturated rings. The van der Waals surface area contributed by atoms with Crippen LogP contribution < -0.4 is 23.7 Å². The average Bonchev–Trinajstić information content (AvgIpc) is 2.96. The molecule has 1 heterocycles. The molecule has 1 aliphatic rings. The molecule has 2 unspecified atom stereocenters. The van der Waals surface area contributed by atoms with Gasteiger partial charge in [-0.2, -0.15) is 5.26 Å². The van der Waals surface area contributed by atoms with Gasteiger partial charge in [-0.3, -0.25) is 0 Å². The van der Waals surface area contributed by atoms with Gasteiger partial charge in [0.05, 0.1) is 59.7 Å². The lowest BCUT2D eigenvalue weighted by atomic mass is 9.69. The van der Waals surface area contributed by atoms with Gasteiger partial charge in [-0.1, -0.05) is 13.8 Å². The van der Waals surface area contributed by atoms with Crippen molar-refractivity contribution in [3.63, 3.8) is 0 Å². The highest BCUT2D eigenvalue weighted by Crippen LogP contribution is 2.45. The van der Waals surface area contributed by atoms with Gasteiger partial charge in [0.2, 0.25) is 5.75 Å². The molecule has 0 spiro atoms. The molecule has 3 rings (SSSR count). The summed E-state index contributed by atoms with van der Waals surface area (Å²) in [7, 11) is 10.2. The zero-order valence-corrected chi connectivity index (χ0v) is 24.8. The van der Waals surface area contributed by atoms with E-state index in [1.54, 1.807) is 35.5 Å². The van der Waals surface area contributed by atoms with Crippen LogP contribution in [0.5, 0.6) is 28.7 Å². The van der Waals surface area contributed by atoms with Gasteiger partial charge >= 0.3 is 0 Å². The minimum absolute atomic E-state index is 0.0177. The van der Waals surface area contributed by atoms with Crippen molar-refractivity contribution in [2.45, 2.75) is 51.0 Å². The lowest BCUT2D eigenvalue weighted by Crippen LogP contribution is -2.33. The van der Waals surface area contributed by atoms with Crippen molar-refractivity contribution >= 4 is 0 Å². The molecule has 0 aromatic heterocycles. The van der Waals surface area contributed by atoms with Crippen LogP contribution >= 0.6 is 0 Å². The Morgan fingerprint density at radius 1 is 0.923 bits per heavy atom. The Bertz CT molecular complexity index is 1120. The molecule has 0 amide bonds. The van der Waals surface area contributed by atoms with Gasteiger partial charge in [-0.05, 0) is 86.1 Å². The number of fused-ring (bicyclic) bond motifs is 1. The molecule has 8 nitrogen and oxygen atoms in total. The van der Waals surface area contributed by atoms with E-state index in [9.17, 15) is 5.26 Å². The predicted octanol–water partition coefficient (Wildman–Crippen LogP) is 5.56. The summed E-state index contributed by atoms with van der Waals surface area (Å²) in [5, 5.41) is 10.5. The molecule has 39 heavy (non-hydrogen) atoms. The van der Waals surface area contributed by atoms with E-state index in [2.05, 4.69) is 44.0 Å². The van der Waals surface area contributed by atoms with Gasteiger partial charge in [0.15, 0.2) is 23.0 Å². The Kier molecular flexibility index (Phi) is 10.7. The minimum atomic E-state index is -0.686. The Balaban J connectivity index is 1.68. The Hall–Kier alpha value is -3.15. The summed E-state index contributed by atoms with van der Waals surface area (Å²) in [5.41, 5.74) is 2.63. The Morgan fingerprint density at radius 3 is 2.08 bits per heavy atom. The molecule has 2 aromatic rings. The molecule has 8 heteroatoms. The molecule has 0 bridgehead atoms. The second-order valence-electron chi connectivity index (χ2n) is 10.4. The molecule has 2 atom stereocenters. The van der Waals surface area contributed by atoms with Crippen LogP contribution in [0.3, 0.4) is 0 Å². The largest absolute Gasteiger partial charge is 0.493 e. The number of hydrogen-bond donors (Lipinski definition) is 0. The highest BCUT2D eigenvalue weighted by atomic mass is 16.5. The van der Waals surface area contributed by atoms with E-state index in [1.807, 2.05) is 12.1 Å². The van der Waals surface area contributed by atoms with Crippen molar-refractivity contribution in [3.8, 4) is 34.8 Å². The highest BCUT2D eigenvalue weighted by Gasteiger charge is 2.37. The van der Waals surface area contributed by atoms with Crippen molar-refractivity contribution in [3.05, 3.63) is 41.0 Å². The number of nitrogens with zero attached hydrogens (tertiary/aromatic N) is 2. The Labute approximate surface area is 233 Å². The van der Waals surface area contributed by atoms with Crippen LogP contribution in [0.1, 0.15) is 55.9 Å². The number of nitriles is 1. The van der Waals surface area contributed by atoms with Gasteiger partial charge < -0.3 is 33.3 Å². The van der Waals surface area contributed by atoms with Crippen LogP contribution in [0.4, 0.5) is 0 Å². The molecule has 0 saturated heterocycles. The number of methoxy groups -OCH3 is 5. The summed E-state index contributed by atoms with van der Waals surface area (Å²) in [6.07, 6.45) is 3.34. The van der Waals surface area contributed by atoms with E-state index in [-0.39, 0.29) is 12.0 Å². The van der Waals surface area contributed by atoms with Crippen LogP contribution in [-0.2, 0) is 16.6 Å². The van der Waals surface area contributed by atoms with E-state index in [4.69, 9.17) is 28.4 Å². The van der Waals surface area contributed by atoms with Gasteiger partial charge in [0.25, 0.3) is 0 Å². The Morgan fingerprint density at radius 2 is 1.54 bits per heavy atom. The molecular weight excluding hydrogens is 496 g/mol. The zero-order chi connectivity index (χ0) is 28.6. The van der Waals surface area contributed by atoms with E-state index >= 15 is 0 Å². The van der Waals surface area contributed by atoms with Crippen molar-refractivity contribution < 1.29 is 28.4 Å². The van der Waals surface area contributed by atoms with Gasteiger partial charge in [0.1, 0.15) is 0 Å². The van der Waals surface area contributed by atoms with E-state index < -0.39 is 5.41 Å². The maximum atomic E-state index is 10.5. The predicted molar refractivity (Wildman–Crippen MR) is 152 cm³/mol. The van der Waals surface area contributed by atoms with Gasteiger partial charge in [-0.25, -0.2) is 0 Å². The minimum Gasteiger partial charge on any atom is -0.493 e. The second kappa shape index (κ2) is 13.8. The summed E-state index contributed by atoms with van der Waals surface area (Å²) < 4.78 is 33.8. The quantitative estimate of drug-likeness (QED) is 0.308. The smallest absolute Gasteiger partial charge is 0.203 e. The second-order valence-corrected chi connectivity index (χ2v) is 10.4. The molecule has 214 valence electrons. The first-order chi connectivity index (χ1) is 18.8. The molecule has 0 N–H and O–H groups in total. The topological polar surface area (TPSA) is 82.4 Å². The number of benzene rings is 2. The summed E-state index contributed by atoms with van der Waals surface area (Å²) >= 11 is 0. The monoisotopic (exact) mass is 540 g/mol. The van der Waals surface area contributed by atoms with Crippen LogP contribution in [0.15, 0.2) is 24.3 Å². The molecular formula is C31H44N2O6. The summed E-state index contributed by atoms with van der Waals surface area (Å²) in [5.74, 6) is 3.23. The first-order valence-electron chi connectivity index (χ1n) is 13.5. The van der Waals surface area contributed by atoms with Gasteiger partial charge in [0, 0.05) is 6.54 Å². The fourth-order valence-corrected chi connectivity index (χ4v) is 5.52. The lowest BCUT2D eigenvalue weighted by Gasteiger charge is -2.33. The van der Waals surface area contributed by atoms with Crippen LogP contribution in [0, 0.1) is 17.2 Å². The maximum Gasteiger partial charge on any atom is 0.203 e. The zero-order valence-electron chi connectivity index (χ0n) is 24.8. The van der Waals surface area contributed by atoms with Crippen molar-refractivity contribution in [2.75, 3.05) is 62.3 Å². The first-order valence-corrected chi connectivity index (χ1v) is 13.5. The average molecular weight is 541 g/mol. The van der Waals surface area contributed by atoms with Crippen LogP contribution in [-0.4, -0.2) is 67.2 Å². The number of hydrogen-bond acceptors (Lipinski definition) is 8. The van der Waals surface area contributed by atoms with E-state index in [1.165, 1.54) is 11.1 Å². The van der Waals surface area contributed by atoms with Crippen molar-refractivity contribution in [1.29, 1.82) is 5.26 Å². The molecule has 0 aliphatic carbocycles. The van der Waals surface area contributed by atoms with E-state index in [0.717, 1.165) is 49.4 Å².